The summed E-state index contributed by atoms with van der Waals surface area (Å²) in [5.74, 6) is -0.124. The molecule has 0 saturated carbocycles. The molecule has 2 aliphatic rings. The van der Waals surface area contributed by atoms with Gasteiger partial charge in [0.15, 0.2) is 6.04 Å². The van der Waals surface area contributed by atoms with E-state index in [1.54, 1.807) is 4.90 Å². The minimum absolute atomic E-state index is 0.0162. The zero-order valence-corrected chi connectivity index (χ0v) is 17.4. The molecule has 0 aliphatic carbocycles. The molecule has 0 radical (unpaired) electrons. The molecule has 2 amide bonds. The third-order valence-electron chi connectivity index (χ3n) is 6.34. The van der Waals surface area contributed by atoms with Gasteiger partial charge in [-0.25, -0.2) is 0 Å². The first-order valence-corrected chi connectivity index (χ1v) is 10.3. The van der Waals surface area contributed by atoms with Crippen LogP contribution in [0.2, 0.25) is 0 Å². The third-order valence-corrected chi connectivity index (χ3v) is 6.34. The summed E-state index contributed by atoms with van der Waals surface area (Å²) in [6, 6.07) is 13.8. The number of hydrogen-bond donors (Lipinski definition) is 2. The monoisotopic (exact) mass is 393 g/mol. The molecule has 0 bridgehead atoms. The summed E-state index contributed by atoms with van der Waals surface area (Å²) in [6.07, 6.45) is 0. The summed E-state index contributed by atoms with van der Waals surface area (Å²) in [5, 5.41) is 2.85. The lowest BCUT2D eigenvalue weighted by atomic mass is 10.1. The molecule has 2 aliphatic heterocycles. The largest absolute Gasteiger partial charge is 0.360 e. The molecule has 0 unspecified atom stereocenters. The van der Waals surface area contributed by atoms with Gasteiger partial charge in [-0.15, -0.1) is 0 Å². The number of quaternary nitrogens is 1. The van der Waals surface area contributed by atoms with Crippen LogP contribution in [-0.4, -0.2) is 50.6 Å². The van der Waals surface area contributed by atoms with Gasteiger partial charge in [0.1, 0.15) is 6.54 Å². The Labute approximate surface area is 172 Å². The van der Waals surface area contributed by atoms with Crippen LogP contribution in [0, 0.1) is 13.8 Å². The van der Waals surface area contributed by atoms with Crippen LogP contribution in [0.1, 0.15) is 18.1 Å². The van der Waals surface area contributed by atoms with E-state index in [9.17, 15) is 9.59 Å². The number of aryl methyl sites for hydroxylation is 1. The summed E-state index contributed by atoms with van der Waals surface area (Å²) >= 11 is 0. The number of carbonyl (C=O) groups excluding carboxylic acids is 2. The topological polar surface area (TPSA) is 57.1 Å². The van der Waals surface area contributed by atoms with Crippen LogP contribution in [0.4, 0.5) is 17.1 Å². The van der Waals surface area contributed by atoms with Crippen molar-refractivity contribution >= 4 is 28.9 Å². The molecule has 2 aromatic rings. The Morgan fingerprint density at radius 3 is 2.48 bits per heavy atom. The predicted octanol–water partition coefficient (Wildman–Crippen LogP) is 1.38. The van der Waals surface area contributed by atoms with Gasteiger partial charge < -0.3 is 15.1 Å². The van der Waals surface area contributed by atoms with E-state index in [1.807, 2.05) is 31.2 Å². The highest BCUT2D eigenvalue weighted by Gasteiger charge is 2.36. The SMILES string of the molecule is Cc1cccc(N2CC[NH+]([C@H](C)C(=O)N3CC(=O)Nc4ccccc43)CC2)c1C. The minimum atomic E-state index is -0.185. The summed E-state index contributed by atoms with van der Waals surface area (Å²) in [6.45, 7) is 10.1. The molecule has 152 valence electrons. The van der Waals surface area contributed by atoms with Crippen molar-refractivity contribution in [3.8, 4) is 0 Å². The number of nitrogens with one attached hydrogen (secondary N) is 2. The number of carbonyl (C=O) groups is 2. The van der Waals surface area contributed by atoms with Crippen LogP contribution in [-0.2, 0) is 9.59 Å². The van der Waals surface area contributed by atoms with Crippen molar-refractivity contribution in [2.75, 3.05) is 47.8 Å². The van der Waals surface area contributed by atoms with E-state index in [0.717, 1.165) is 31.9 Å². The van der Waals surface area contributed by atoms with Crippen molar-refractivity contribution in [2.45, 2.75) is 26.8 Å². The Kier molecular flexibility index (Phi) is 5.28. The van der Waals surface area contributed by atoms with Crippen LogP contribution >= 0.6 is 0 Å². The van der Waals surface area contributed by atoms with E-state index < -0.39 is 0 Å². The zero-order valence-electron chi connectivity index (χ0n) is 17.4. The van der Waals surface area contributed by atoms with Gasteiger partial charge in [-0.2, -0.15) is 0 Å². The molecule has 4 rings (SSSR count). The number of benzene rings is 2. The van der Waals surface area contributed by atoms with Gasteiger partial charge in [-0.05, 0) is 50.1 Å². The second-order valence-electron chi connectivity index (χ2n) is 8.08. The lowest BCUT2D eigenvalue weighted by molar-refractivity contribution is -0.914. The summed E-state index contributed by atoms with van der Waals surface area (Å²) in [4.78, 5) is 30.7. The van der Waals surface area contributed by atoms with Crippen molar-refractivity contribution in [1.29, 1.82) is 0 Å². The number of piperazine rings is 1. The van der Waals surface area contributed by atoms with Gasteiger partial charge in [-0.3, -0.25) is 14.5 Å². The summed E-state index contributed by atoms with van der Waals surface area (Å²) < 4.78 is 0. The van der Waals surface area contributed by atoms with Crippen LogP contribution in [0.25, 0.3) is 0 Å². The molecule has 2 aromatic carbocycles. The summed E-state index contributed by atoms with van der Waals surface area (Å²) in [7, 11) is 0. The summed E-state index contributed by atoms with van der Waals surface area (Å²) in [5.41, 5.74) is 5.43. The number of fused-ring (bicyclic) bond motifs is 1. The van der Waals surface area contributed by atoms with Gasteiger partial charge in [0.2, 0.25) is 5.91 Å². The highest BCUT2D eigenvalue weighted by molar-refractivity contribution is 6.10. The first-order chi connectivity index (χ1) is 14.0. The van der Waals surface area contributed by atoms with Crippen LogP contribution < -0.4 is 20.0 Å². The van der Waals surface area contributed by atoms with Crippen LogP contribution in [0.15, 0.2) is 42.5 Å². The number of hydrogen-bond acceptors (Lipinski definition) is 3. The Morgan fingerprint density at radius 2 is 1.72 bits per heavy atom. The molecule has 1 atom stereocenters. The fourth-order valence-corrected chi connectivity index (χ4v) is 4.38. The molecular formula is C23H29N4O2+. The van der Waals surface area contributed by atoms with E-state index in [2.05, 4.69) is 42.3 Å². The van der Waals surface area contributed by atoms with Crippen LogP contribution in [0.5, 0.6) is 0 Å². The average Bonchev–Trinajstić information content (AvgIpc) is 2.74. The Bertz CT molecular complexity index is 934. The Hall–Kier alpha value is -2.86. The lowest BCUT2D eigenvalue weighted by Crippen LogP contribution is -3.19. The van der Waals surface area contributed by atoms with E-state index in [0.29, 0.717) is 5.69 Å². The highest BCUT2D eigenvalue weighted by atomic mass is 16.2. The fraction of sp³-hybridized carbons (Fsp3) is 0.391. The maximum atomic E-state index is 13.3. The molecule has 2 N–H and O–H groups in total. The van der Waals surface area contributed by atoms with Crippen molar-refractivity contribution in [2.24, 2.45) is 0 Å². The number of para-hydroxylation sites is 2. The van der Waals surface area contributed by atoms with Gasteiger partial charge in [0.25, 0.3) is 5.91 Å². The third kappa shape index (κ3) is 3.72. The Morgan fingerprint density at radius 1 is 1.03 bits per heavy atom. The molecule has 0 aromatic heterocycles. The van der Waals surface area contributed by atoms with E-state index in [-0.39, 0.29) is 24.4 Å². The average molecular weight is 394 g/mol. The highest BCUT2D eigenvalue weighted by Crippen LogP contribution is 2.29. The maximum Gasteiger partial charge on any atom is 0.285 e. The second-order valence-corrected chi connectivity index (χ2v) is 8.08. The van der Waals surface area contributed by atoms with Crippen molar-refractivity contribution in [3.63, 3.8) is 0 Å². The molecule has 0 spiro atoms. The first kappa shape index (κ1) is 19.5. The molecule has 29 heavy (non-hydrogen) atoms. The second kappa shape index (κ2) is 7.87. The maximum absolute atomic E-state index is 13.3. The molecule has 6 heteroatoms. The zero-order chi connectivity index (χ0) is 20.5. The molecular weight excluding hydrogens is 364 g/mol. The van der Waals surface area contributed by atoms with Gasteiger partial charge in [-0.1, -0.05) is 24.3 Å². The van der Waals surface area contributed by atoms with Gasteiger partial charge >= 0.3 is 0 Å². The van der Waals surface area contributed by atoms with Gasteiger partial charge in [0, 0.05) is 5.69 Å². The molecule has 1 saturated heterocycles. The lowest BCUT2D eigenvalue weighted by Gasteiger charge is -2.38. The standard InChI is InChI=1S/C23H28N4O2/c1-16-7-6-10-20(17(16)2)26-13-11-25(12-14-26)18(3)23(29)27-15-22(28)24-19-8-4-5-9-21(19)27/h4-10,18H,11-15H2,1-3H3,(H,24,28)/p+1/t18-/m1/s1. The molecule has 2 heterocycles. The van der Waals surface area contributed by atoms with E-state index >= 15 is 0 Å². The first-order valence-electron chi connectivity index (χ1n) is 10.3. The molecule has 6 nitrogen and oxygen atoms in total. The number of amides is 2. The number of rotatable bonds is 3. The normalized spacial score (nSPS) is 18.2. The quantitative estimate of drug-likeness (QED) is 0.829. The van der Waals surface area contributed by atoms with E-state index in [4.69, 9.17) is 0 Å². The van der Waals surface area contributed by atoms with Crippen molar-refractivity contribution in [1.82, 2.24) is 0 Å². The predicted molar refractivity (Wildman–Crippen MR) is 116 cm³/mol. The van der Waals surface area contributed by atoms with Crippen molar-refractivity contribution < 1.29 is 14.5 Å². The number of anilines is 3. The van der Waals surface area contributed by atoms with Crippen molar-refractivity contribution in [3.05, 3.63) is 53.6 Å². The smallest absolute Gasteiger partial charge is 0.285 e. The van der Waals surface area contributed by atoms with Crippen LogP contribution in [0.3, 0.4) is 0 Å². The Balaban J connectivity index is 1.45. The number of nitrogens with zero attached hydrogens (tertiary/aromatic N) is 2. The van der Waals surface area contributed by atoms with Gasteiger partial charge in [0.05, 0.1) is 37.6 Å². The van der Waals surface area contributed by atoms with E-state index in [1.165, 1.54) is 21.7 Å². The molecule has 1 fully saturated rings. The fourth-order valence-electron chi connectivity index (χ4n) is 4.38. The minimum Gasteiger partial charge on any atom is -0.360 e.